The summed E-state index contributed by atoms with van der Waals surface area (Å²) >= 11 is 10.9. The predicted octanol–water partition coefficient (Wildman–Crippen LogP) is 0.886. The molecule has 2 heterocycles. The minimum atomic E-state index is -0.859. The predicted molar refractivity (Wildman–Crippen MR) is 57.1 cm³/mol. The van der Waals surface area contributed by atoms with E-state index in [9.17, 15) is 4.79 Å². The monoisotopic (exact) mass is 245 g/mol. The molecule has 0 unspecified atom stereocenters. The Morgan fingerprint density at radius 1 is 1.33 bits per heavy atom. The van der Waals surface area contributed by atoms with Crippen molar-refractivity contribution in [2.45, 2.75) is 4.96 Å². The lowest BCUT2D eigenvalue weighted by Crippen LogP contribution is -2.16. The zero-order chi connectivity index (χ0) is 10.8. The molecular formula is C7H5Cl2N5O. The summed E-state index contributed by atoms with van der Waals surface area (Å²) in [5.41, 5.74) is 0.00561. The van der Waals surface area contributed by atoms with E-state index in [1.54, 1.807) is 0 Å². The first kappa shape index (κ1) is 10.1. The maximum Gasteiger partial charge on any atom is 0.280 e. The fraction of sp³-hybridized carbons (Fsp3) is 0.143. The summed E-state index contributed by atoms with van der Waals surface area (Å²) in [6.07, 6.45) is 2.86. The average molecular weight is 246 g/mol. The molecular weight excluding hydrogens is 241 g/mol. The Bertz CT molecular complexity index is 540. The van der Waals surface area contributed by atoms with Crippen molar-refractivity contribution in [3.8, 4) is 0 Å². The number of anilines is 1. The molecule has 0 amide bonds. The van der Waals surface area contributed by atoms with Crippen LogP contribution in [-0.2, 0) is 0 Å². The lowest BCUT2D eigenvalue weighted by atomic mass is 10.5. The van der Waals surface area contributed by atoms with Crippen LogP contribution < -0.4 is 10.9 Å². The van der Waals surface area contributed by atoms with Crippen molar-refractivity contribution in [1.29, 1.82) is 0 Å². The van der Waals surface area contributed by atoms with Crippen molar-refractivity contribution >= 4 is 40.3 Å². The van der Waals surface area contributed by atoms with Gasteiger partial charge in [0.2, 0.25) is 5.95 Å². The van der Waals surface area contributed by atoms with Crippen LogP contribution in [0.5, 0.6) is 0 Å². The lowest BCUT2D eigenvalue weighted by molar-refractivity contribution is 1.09. The van der Waals surface area contributed by atoms with E-state index >= 15 is 0 Å². The van der Waals surface area contributed by atoms with Crippen molar-refractivity contribution in [3.05, 3.63) is 22.7 Å². The number of fused-ring (bicyclic) bond motifs is 1. The molecule has 15 heavy (non-hydrogen) atoms. The standard InChI is InChI=1S/C7H5Cl2N5O/c8-6(9)14-7-12-4-3(5(15)13-7)10-1-2-11-4/h1-2,6H,(H2,11,12,13,14,15). The molecule has 0 aromatic carbocycles. The van der Waals surface area contributed by atoms with Gasteiger partial charge in [0.15, 0.2) is 16.1 Å². The molecule has 0 saturated carbocycles. The number of aromatic nitrogens is 4. The average Bonchev–Trinajstić information content (AvgIpc) is 2.16. The third-order valence-corrected chi connectivity index (χ3v) is 1.81. The van der Waals surface area contributed by atoms with Gasteiger partial charge in [0.1, 0.15) is 0 Å². The molecule has 0 aliphatic heterocycles. The SMILES string of the molecule is O=c1[nH]c(NC(Cl)Cl)nc2nccnc12. The van der Waals surface area contributed by atoms with E-state index in [4.69, 9.17) is 23.2 Å². The molecule has 2 rings (SSSR count). The van der Waals surface area contributed by atoms with Gasteiger partial charge in [0.25, 0.3) is 5.56 Å². The lowest BCUT2D eigenvalue weighted by Gasteiger charge is -2.04. The Morgan fingerprint density at radius 2 is 2.07 bits per heavy atom. The first-order chi connectivity index (χ1) is 7.16. The van der Waals surface area contributed by atoms with E-state index in [0.29, 0.717) is 0 Å². The third kappa shape index (κ3) is 2.16. The molecule has 2 aromatic rings. The number of aromatic amines is 1. The van der Waals surface area contributed by atoms with Gasteiger partial charge in [0.05, 0.1) is 0 Å². The van der Waals surface area contributed by atoms with Crippen molar-refractivity contribution in [2.24, 2.45) is 0 Å². The topological polar surface area (TPSA) is 83.6 Å². The Morgan fingerprint density at radius 3 is 2.80 bits per heavy atom. The van der Waals surface area contributed by atoms with Gasteiger partial charge < -0.3 is 5.32 Å². The fourth-order valence-electron chi connectivity index (χ4n) is 1.04. The minimum absolute atomic E-state index is 0.156. The molecule has 2 aromatic heterocycles. The van der Waals surface area contributed by atoms with Crippen molar-refractivity contribution in [2.75, 3.05) is 5.32 Å². The van der Waals surface area contributed by atoms with E-state index in [-0.39, 0.29) is 17.1 Å². The first-order valence-electron chi connectivity index (χ1n) is 3.92. The number of hydrogen-bond acceptors (Lipinski definition) is 5. The van der Waals surface area contributed by atoms with Crippen LogP contribution in [0.4, 0.5) is 5.95 Å². The molecule has 0 saturated heterocycles. The number of H-pyrrole nitrogens is 1. The zero-order valence-corrected chi connectivity index (χ0v) is 8.75. The summed E-state index contributed by atoms with van der Waals surface area (Å²) < 4.78 is 0. The molecule has 0 aliphatic rings. The van der Waals surface area contributed by atoms with Crippen LogP contribution in [-0.4, -0.2) is 24.9 Å². The van der Waals surface area contributed by atoms with Crippen LogP contribution in [0.3, 0.4) is 0 Å². The van der Waals surface area contributed by atoms with E-state index in [1.807, 2.05) is 0 Å². The maximum absolute atomic E-state index is 11.5. The van der Waals surface area contributed by atoms with E-state index in [2.05, 4.69) is 25.3 Å². The molecule has 0 spiro atoms. The molecule has 0 atom stereocenters. The van der Waals surface area contributed by atoms with Crippen molar-refractivity contribution < 1.29 is 0 Å². The van der Waals surface area contributed by atoms with Crippen molar-refractivity contribution in [3.63, 3.8) is 0 Å². The van der Waals surface area contributed by atoms with Crippen LogP contribution in [0.25, 0.3) is 11.2 Å². The summed E-state index contributed by atoms with van der Waals surface area (Å²) in [7, 11) is 0. The quantitative estimate of drug-likeness (QED) is 0.607. The number of rotatable bonds is 2. The summed E-state index contributed by atoms with van der Waals surface area (Å²) in [5, 5.41) is 2.53. The highest BCUT2D eigenvalue weighted by molar-refractivity contribution is 6.45. The summed E-state index contributed by atoms with van der Waals surface area (Å²) in [5.74, 6) is 0.156. The molecule has 8 heteroatoms. The molecule has 0 aliphatic carbocycles. The fourth-order valence-corrected chi connectivity index (χ4v) is 1.25. The van der Waals surface area contributed by atoms with Gasteiger partial charge in [-0.05, 0) is 0 Å². The summed E-state index contributed by atoms with van der Waals surface area (Å²) in [6, 6.07) is 0. The Kier molecular flexibility index (Phi) is 2.70. The zero-order valence-electron chi connectivity index (χ0n) is 7.24. The van der Waals surface area contributed by atoms with Gasteiger partial charge >= 0.3 is 0 Å². The second-order valence-corrected chi connectivity index (χ2v) is 3.68. The Hall–Kier alpha value is -1.40. The highest BCUT2D eigenvalue weighted by Gasteiger charge is 2.06. The Balaban J connectivity index is 2.57. The molecule has 78 valence electrons. The third-order valence-electron chi connectivity index (χ3n) is 1.59. The Labute approximate surface area is 93.7 Å². The number of nitrogens with one attached hydrogen (secondary N) is 2. The molecule has 6 nitrogen and oxygen atoms in total. The molecule has 2 N–H and O–H groups in total. The number of hydrogen-bond donors (Lipinski definition) is 2. The highest BCUT2D eigenvalue weighted by Crippen LogP contribution is 2.07. The van der Waals surface area contributed by atoms with Gasteiger partial charge in [-0.25, -0.2) is 9.97 Å². The van der Waals surface area contributed by atoms with Gasteiger partial charge in [-0.1, -0.05) is 23.2 Å². The van der Waals surface area contributed by atoms with Crippen LogP contribution in [0.2, 0.25) is 0 Å². The maximum atomic E-state index is 11.5. The van der Waals surface area contributed by atoms with Gasteiger partial charge in [-0.3, -0.25) is 9.78 Å². The van der Waals surface area contributed by atoms with Crippen LogP contribution >= 0.6 is 23.2 Å². The summed E-state index contributed by atoms with van der Waals surface area (Å²) in [4.78, 5) is 24.7. The number of nitrogens with zero attached hydrogens (tertiary/aromatic N) is 3. The second-order valence-electron chi connectivity index (χ2n) is 2.59. The van der Waals surface area contributed by atoms with Crippen LogP contribution in [0.15, 0.2) is 17.2 Å². The molecule has 0 radical (unpaired) electrons. The molecule has 0 bridgehead atoms. The van der Waals surface area contributed by atoms with Crippen molar-refractivity contribution in [1.82, 2.24) is 19.9 Å². The second kappa shape index (κ2) is 4.00. The first-order valence-corrected chi connectivity index (χ1v) is 4.80. The van der Waals surface area contributed by atoms with Gasteiger partial charge in [0, 0.05) is 12.4 Å². The van der Waals surface area contributed by atoms with Gasteiger partial charge in [-0.2, -0.15) is 4.98 Å². The molecule has 0 fully saturated rings. The summed E-state index contributed by atoms with van der Waals surface area (Å²) in [6.45, 7) is 0. The highest BCUT2D eigenvalue weighted by atomic mass is 35.5. The van der Waals surface area contributed by atoms with Gasteiger partial charge in [-0.15, -0.1) is 0 Å². The normalized spacial score (nSPS) is 10.9. The number of halogens is 2. The van der Waals surface area contributed by atoms with Crippen LogP contribution in [0, 0.1) is 0 Å². The number of alkyl halides is 2. The van der Waals surface area contributed by atoms with E-state index in [1.165, 1.54) is 12.4 Å². The smallest absolute Gasteiger partial charge is 0.280 e. The largest absolute Gasteiger partial charge is 0.327 e. The van der Waals surface area contributed by atoms with Crippen LogP contribution in [0.1, 0.15) is 0 Å². The van der Waals surface area contributed by atoms with E-state index < -0.39 is 10.5 Å². The van der Waals surface area contributed by atoms with E-state index in [0.717, 1.165) is 0 Å². The minimum Gasteiger partial charge on any atom is -0.327 e.